The topological polar surface area (TPSA) is 81.9 Å². The number of rotatable bonds is 4. The lowest BCUT2D eigenvalue weighted by Crippen LogP contribution is -2.44. The van der Waals surface area contributed by atoms with Crippen LogP contribution in [0.15, 0.2) is 6.07 Å². The molecule has 2 heterocycles. The molecule has 0 saturated carbocycles. The minimum Gasteiger partial charge on any atom is -0.349 e. The first-order valence-corrected chi connectivity index (χ1v) is 7.37. The van der Waals surface area contributed by atoms with Gasteiger partial charge in [-0.15, -0.1) is 0 Å². The number of piperidine rings is 1. The summed E-state index contributed by atoms with van der Waals surface area (Å²) in [5.74, 6) is -0.0661. The summed E-state index contributed by atoms with van der Waals surface area (Å²) in [6.07, 6.45) is 2.45. The number of hydrogen-bond acceptors (Lipinski definition) is 5. The van der Waals surface area contributed by atoms with Crippen molar-refractivity contribution in [2.45, 2.75) is 39.2 Å². The van der Waals surface area contributed by atoms with E-state index in [0.29, 0.717) is 18.5 Å². The standard InChI is InChI=1S/C15H21N5O/c1-3-14-13(10-11(2)18-19-14)15(21)17-12-4-7-20(8-5-12)9-6-16/h10,12H,3-5,7-9H2,1-2H3,(H,17,21). The summed E-state index contributed by atoms with van der Waals surface area (Å²) in [5, 5.41) is 19.9. The van der Waals surface area contributed by atoms with E-state index in [1.165, 1.54) is 0 Å². The second-order valence-corrected chi connectivity index (χ2v) is 5.38. The van der Waals surface area contributed by atoms with E-state index < -0.39 is 0 Å². The van der Waals surface area contributed by atoms with Crippen LogP contribution in [0.25, 0.3) is 0 Å². The van der Waals surface area contributed by atoms with Gasteiger partial charge in [0, 0.05) is 19.1 Å². The van der Waals surface area contributed by atoms with Crippen molar-refractivity contribution in [3.63, 3.8) is 0 Å². The van der Waals surface area contributed by atoms with Gasteiger partial charge in [-0.05, 0) is 32.3 Å². The number of carbonyl (C=O) groups excluding carboxylic acids is 1. The largest absolute Gasteiger partial charge is 0.349 e. The summed E-state index contributed by atoms with van der Waals surface area (Å²) in [5.41, 5.74) is 2.12. The molecule has 0 aromatic carbocycles. The number of nitriles is 1. The van der Waals surface area contributed by atoms with E-state index in [1.807, 2.05) is 13.8 Å². The third kappa shape index (κ3) is 3.99. The van der Waals surface area contributed by atoms with E-state index >= 15 is 0 Å². The van der Waals surface area contributed by atoms with Crippen molar-refractivity contribution in [2.24, 2.45) is 0 Å². The highest BCUT2D eigenvalue weighted by atomic mass is 16.1. The Labute approximate surface area is 125 Å². The van der Waals surface area contributed by atoms with E-state index in [9.17, 15) is 4.79 Å². The van der Waals surface area contributed by atoms with Crippen molar-refractivity contribution in [1.82, 2.24) is 20.4 Å². The van der Waals surface area contributed by atoms with Crippen molar-refractivity contribution < 1.29 is 4.79 Å². The van der Waals surface area contributed by atoms with Gasteiger partial charge in [-0.1, -0.05) is 6.92 Å². The van der Waals surface area contributed by atoms with Crippen LogP contribution in [-0.4, -0.2) is 46.7 Å². The average molecular weight is 287 g/mol. The van der Waals surface area contributed by atoms with Crippen LogP contribution in [0.3, 0.4) is 0 Å². The maximum Gasteiger partial charge on any atom is 0.253 e. The van der Waals surface area contributed by atoms with Gasteiger partial charge in [-0.2, -0.15) is 15.5 Å². The first-order chi connectivity index (χ1) is 10.1. The Morgan fingerprint density at radius 1 is 1.48 bits per heavy atom. The molecule has 2 rings (SSSR count). The number of amides is 1. The van der Waals surface area contributed by atoms with E-state index in [-0.39, 0.29) is 11.9 Å². The van der Waals surface area contributed by atoms with Gasteiger partial charge in [0.05, 0.1) is 29.6 Å². The third-order valence-electron chi connectivity index (χ3n) is 3.79. The van der Waals surface area contributed by atoms with Crippen LogP contribution in [0.2, 0.25) is 0 Å². The second kappa shape index (κ2) is 7.14. The summed E-state index contributed by atoms with van der Waals surface area (Å²) in [6.45, 7) is 5.98. The van der Waals surface area contributed by atoms with E-state index in [4.69, 9.17) is 5.26 Å². The highest BCUT2D eigenvalue weighted by Crippen LogP contribution is 2.12. The van der Waals surface area contributed by atoms with Gasteiger partial charge in [-0.25, -0.2) is 0 Å². The Morgan fingerprint density at radius 3 is 2.81 bits per heavy atom. The van der Waals surface area contributed by atoms with Crippen molar-refractivity contribution in [2.75, 3.05) is 19.6 Å². The average Bonchev–Trinajstić information content (AvgIpc) is 2.49. The molecule has 1 aromatic heterocycles. The molecule has 6 heteroatoms. The van der Waals surface area contributed by atoms with Crippen molar-refractivity contribution in [3.8, 4) is 6.07 Å². The summed E-state index contributed by atoms with van der Waals surface area (Å²) in [4.78, 5) is 14.5. The van der Waals surface area contributed by atoms with Crippen molar-refractivity contribution in [1.29, 1.82) is 5.26 Å². The molecule has 0 spiro atoms. The normalized spacial score (nSPS) is 16.4. The smallest absolute Gasteiger partial charge is 0.253 e. The van der Waals surface area contributed by atoms with Crippen LogP contribution in [0.1, 0.15) is 41.5 Å². The monoisotopic (exact) mass is 287 g/mol. The molecule has 0 atom stereocenters. The summed E-state index contributed by atoms with van der Waals surface area (Å²) >= 11 is 0. The van der Waals surface area contributed by atoms with E-state index in [1.54, 1.807) is 6.07 Å². The maximum absolute atomic E-state index is 12.4. The molecular weight excluding hydrogens is 266 g/mol. The molecule has 0 aliphatic carbocycles. The Balaban J connectivity index is 1.97. The van der Waals surface area contributed by atoms with Gasteiger partial charge in [0.25, 0.3) is 5.91 Å². The molecule has 112 valence electrons. The Kier molecular flexibility index (Phi) is 5.23. The SMILES string of the molecule is CCc1nnc(C)cc1C(=O)NC1CCN(CC#N)CC1. The molecule has 1 aromatic rings. The molecule has 1 fully saturated rings. The highest BCUT2D eigenvalue weighted by Gasteiger charge is 2.22. The number of aryl methyl sites for hydroxylation is 2. The molecule has 1 amide bonds. The molecule has 0 bridgehead atoms. The molecule has 1 saturated heterocycles. The maximum atomic E-state index is 12.4. The van der Waals surface area contributed by atoms with Crippen molar-refractivity contribution >= 4 is 5.91 Å². The van der Waals surface area contributed by atoms with Crippen LogP contribution in [0.5, 0.6) is 0 Å². The zero-order valence-corrected chi connectivity index (χ0v) is 12.6. The predicted octanol–water partition coefficient (Wildman–Crippen LogP) is 1.07. The molecule has 1 aliphatic heterocycles. The zero-order valence-electron chi connectivity index (χ0n) is 12.6. The van der Waals surface area contributed by atoms with Gasteiger partial charge in [-0.3, -0.25) is 9.69 Å². The quantitative estimate of drug-likeness (QED) is 0.838. The molecule has 6 nitrogen and oxygen atoms in total. The Morgan fingerprint density at radius 2 is 2.19 bits per heavy atom. The lowest BCUT2D eigenvalue weighted by Gasteiger charge is -2.30. The summed E-state index contributed by atoms with van der Waals surface area (Å²) < 4.78 is 0. The third-order valence-corrected chi connectivity index (χ3v) is 3.79. The lowest BCUT2D eigenvalue weighted by molar-refractivity contribution is 0.0912. The first kappa shape index (κ1) is 15.4. The fourth-order valence-electron chi connectivity index (χ4n) is 2.57. The second-order valence-electron chi connectivity index (χ2n) is 5.38. The van der Waals surface area contributed by atoms with Gasteiger partial charge < -0.3 is 5.32 Å². The molecule has 1 aliphatic rings. The van der Waals surface area contributed by atoms with Crippen LogP contribution in [-0.2, 0) is 6.42 Å². The van der Waals surface area contributed by atoms with Crippen LogP contribution >= 0.6 is 0 Å². The zero-order chi connectivity index (χ0) is 15.2. The molecule has 0 radical (unpaired) electrons. The Bertz CT molecular complexity index is 543. The molecule has 21 heavy (non-hydrogen) atoms. The predicted molar refractivity (Wildman–Crippen MR) is 78.7 cm³/mol. The van der Waals surface area contributed by atoms with E-state index in [0.717, 1.165) is 37.3 Å². The van der Waals surface area contributed by atoms with Crippen LogP contribution in [0.4, 0.5) is 0 Å². The number of nitrogens with zero attached hydrogens (tertiary/aromatic N) is 4. The number of aromatic nitrogens is 2. The number of carbonyl (C=O) groups is 1. The van der Waals surface area contributed by atoms with Gasteiger partial charge in [0.15, 0.2) is 0 Å². The van der Waals surface area contributed by atoms with E-state index in [2.05, 4.69) is 26.5 Å². The minimum atomic E-state index is -0.0661. The Hall–Kier alpha value is -2.00. The fourth-order valence-corrected chi connectivity index (χ4v) is 2.57. The summed E-state index contributed by atoms with van der Waals surface area (Å²) in [6, 6.07) is 4.13. The lowest BCUT2D eigenvalue weighted by atomic mass is 10.0. The fraction of sp³-hybridized carbons (Fsp3) is 0.600. The minimum absolute atomic E-state index is 0.0661. The van der Waals surface area contributed by atoms with Crippen LogP contribution in [0, 0.1) is 18.3 Å². The molecule has 1 N–H and O–H groups in total. The van der Waals surface area contributed by atoms with Gasteiger partial charge >= 0.3 is 0 Å². The van der Waals surface area contributed by atoms with Gasteiger partial charge in [0.1, 0.15) is 0 Å². The number of likely N-dealkylation sites (tertiary alicyclic amines) is 1. The molecule has 0 unspecified atom stereocenters. The van der Waals surface area contributed by atoms with Gasteiger partial charge in [0.2, 0.25) is 0 Å². The first-order valence-electron chi connectivity index (χ1n) is 7.37. The number of hydrogen-bond donors (Lipinski definition) is 1. The molecular formula is C15H21N5O. The summed E-state index contributed by atoms with van der Waals surface area (Å²) in [7, 11) is 0. The number of nitrogens with one attached hydrogen (secondary N) is 1. The highest BCUT2D eigenvalue weighted by molar-refractivity contribution is 5.95. The van der Waals surface area contributed by atoms with Crippen molar-refractivity contribution in [3.05, 3.63) is 23.0 Å². The van der Waals surface area contributed by atoms with Crippen LogP contribution < -0.4 is 5.32 Å².